The van der Waals surface area contributed by atoms with Gasteiger partial charge in [0.05, 0.1) is 7.59 Å². The summed E-state index contributed by atoms with van der Waals surface area (Å²) in [5.41, 5.74) is -0.273. The topological polar surface area (TPSA) is 46.5 Å². The first-order chi connectivity index (χ1) is 6.82. The molecule has 87 valence electrons. The van der Waals surface area contributed by atoms with E-state index in [-0.39, 0.29) is 11.7 Å². The lowest BCUT2D eigenvalue weighted by molar-refractivity contribution is -0.140. The smallest absolute Gasteiger partial charge is 0.330 e. The average molecular weight is 245 g/mol. The van der Waals surface area contributed by atoms with Gasteiger partial charge in [-0.2, -0.15) is 0 Å². The van der Waals surface area contributed by atoms with Gasteiger partial charge in [-0.15, -0.1) is 0 Å². The van der Waals surface area contributed by atoms with Crippen molar-refractivity contribution in [3.8, 4) is 0 Å². The van der Waals surface area contributed by atoms with Crippen molar-refractivity contribution in [3.05, 3.63) is 12.2 Å². The minimum absolute atomic E-state index is 0.273. The molecule has 0 saturated heterocycles. The largest absolute Gasteiger partial charge is 0.461 e. The fraction of sp³-hybridized carbons (Fsp3) is 0.700. The summed E-state index contributed by atoms with van der Waals surface area (Å²) in [7, 11) is -3.12. The molecule has 0 saturated carbocycles. The van der Waals surface area contributed by atoms with Gasteiger partial charge in [-0.25, -0.2) is 4.79 Å². The summed E-state index contributed by atoms with van der Waals surface area (Å²) in [6, 6.07) is 0. The van der Waals surface area contributed by atoms with Crippen LogP contribution in [0.5, 0.6) is 0 Å². The lowest BCUT2D eigenvalue weighted by Gasteiger charge is -2.27. The Hall–Kier alpha value is -0.396. The van der Waals surface area contributed by atoms with Gasteiger partial charge >= 0.3 is 5.97 Å². The van der Waals surface area contributed by atoms with Gasteiger partial charge in [-0.05, 0) is 13.3 Å². The first kappa shape index (κ1) is 14.6. The van der Waals surface area contributed by atoms with E-state index in [1.54, 1.807) is 13.0 Å². The van der Waals surface area contributed by atoms with E-state index in [0.29, 0.717) is 6.42 Å². The standard InChI is InChI=1S/C10H21O3Si2/c1-6-8-9(11)13-10(7-2)14(12)15(3,4)5/h6,8,10,12H,7H2,1-5H3/b8-6+. The van der Waals surface area contributed by atoms with E-state index in [2.05, 4.69) is 19.6 Å². The molecule has 0 aliphatic carbocycles. The Labute approximate surface area is 94.7 Å². The zero-order valence-electron chi connectivity index (χ0n) is 10.2. The maximum absolute atomic E-state index is 11.3. The molecule has 0 aliphatic rings. The van der Waals surface area contributed by atoms with E-state index in [9.17, 15) is 9.59 Å². The van der Waals surface area contributed by atoms with E-state index in [0.717, 1.165) is 0 Å². The predicted octanol–water partition coefficient (Wildman–Crippen LogP) is 1.82. The number of hydrogen-bond acceptors (Lipinski definition) is 3. The van der Waals surface area contributed by atoms with Gasteiger partial charge in [0.15, 0.2) is 0 Å². The van der Waals surface area contributed by atoms with Crippen molar-refractivity contribution in [3.63, 3.8) is 0 Å². The Balaban J connectivity index is 4.44. The summed E-state index contributed by atoms with van der Waals surface area (Å²) in [6.45, 7) is 10.0. The van der Waals surface area contributed by atoms with E-state index >= 15 is 0 Å². The molecule has 5 heteroatoms. The molecule has 1 N–H and O–H groups in total. The summed E-state index contributed by atoms with van der Waals surface area (Å²) < 4.78 is 5.23. The van der Waals surface area contributed by atoms with Crippen LogP contribution in [0.1, 0.15) is 20.3 Å². The van der Waals surface area contributed by atoms with Crippen LogP contribution < -0.4 is 0 Å². The molecule has 1 radical (unpaired) electrons. The zero-order valence-corrected chi connectivity index (χ0v) is 12.2. The third-order valence-electron chi connectivity index (χ3n) is 2.01. The molecular formula is C10H21O3Si2. The fourth-order valence-corrected chi connectivity index (χ4v) is 6.40. The summed E-state index contributed by atoms with van der Waals surface area (Å²) in [4.78, 5) is 21.4. The first-order valence-corrected chi connectivity index (χ1v) is 11.2. The first-order valence-electron chi connectivity index (χ1n) is 5.22. The van der Waals surface area contributed by atoms with Gasteiger partial charge in [0.25, 0.3) is 0 Å². The highest BCUT2D eigenvalue weighted by atomic mass is 29.2. The van der Waals surface area contributed by atoms with E-state index in [1.165, 1.54) is 6.08 Å². The van der Waals surface area contributed by atoms with Crippen LogP contribution in [0.25, 0.3) is 0 Å². The van der Waals surface area contributed by atoms with Gasteiger partial charge in [0.1, 0.15) is 5.73 Å². The number of carbonyl (C=O) groups excluding carboxylic acids is 1. The van der Waals surface area contributed by atoms with Crippen molar-refractivity contribution in [2.75, 3.05) is 0 Å². The summed E-state index contributed by atoms with van der Waals surface area (Å²) in [5, 5.41) is 0. The molecule has 0 aliphatic heterocycles. The Morgan fingerprint density at radius 1 is 1.53 bits per heavy atom. The number of carbonyl (C=O) groups is 1. The van der Waals surface area contributed by atoms with Crippen LogP contribution in [0.2, 0.25) is 19.6 Å². The normalized spacial score (nSPS) is 14.6. The quantitative estimate of drug-likeness (QED) is 0.456. The van der Waals surface area contributed by atoms with E-state index in [4.69, 9.17) is 4.74 Å². The SMILES string of the molecule is C/C=C/C(=O)OC(CC)[Si](O)[Si](C)(C)C. The maximum Gasteiger partial charge on any atom is 0.330 e. The second-order valence-corrected chi connectivity index (χ2v) is 16.4. The minimum atomic E-state index is -1.58. The number of rotatable bonds is 5. The average Bonchev–Trinajstić information content (AvgIpc) is 2.12. The van der Waals surface area contributed by atoms with E-state index < -0.39 is 16.1 Å². The highest BCUT2D eigenvalue weighted by Gasteiger charge is 2.36. The summed E-state index contributed by atoms with van der Waals surface area (Å²) >= 11 is 0. The van der Waals surface area contributed by atoms with Crippen molar-refractivity contribution < 1.29 is 14.3 Å². The molecule has 3 nitrogen and oxygen atoms in total. The maximum atomic E-state index is 11.3. The number of esters is 1. The second kappa shape index (κ2) is 6.24. The van der Waals surface area contributed by atoms with Crippen molar-refractivity contribution in [1.29, 1.82) is 0 Å². The third-order valence-corrected chi connectivity index (χ3v) is 10.3. The van der Waals surface area contributed by atoms with Crippen LogP contribution in [0.3, 0.4) is 0 Å². The van der Waals surface area contributed by atoms with Crippen LogP contribution in [0.4, 0.5) is 0 Å². The Morgan fingerprint density at radius 3 is 2.40 bits per heavy atom. The Bertz CT molecular complexity index is 233. The van der Waals surface area contributed by atoms with Crippen LogP contribution in [0.15, 0.2) is 12.2 Å². The van der Waals surface area contributed by atoms with Crippen molar-refractivity contribution in [1.82, 2.24) is 0 Å². The van der Waals surface area contributed by atoms with Crippen LogP contribution >= 0.6 is 0 Å². The summed E-state index contributed by atoms with van der Waals surface area (Å²) in [6.07, 6.45) is 3.73. The zero-order chi connectivity index (χ0) is 12.1. The predicted molar refractivity (Wildman–Crippen MR) is 66.3 cm³/mol. The molecular weight excluding hydrogens is 224 g/mol. The molecule has 1 atom stereocenters. The number of allylic oxidation sites excluding steroid dienone is 1. The van der Waals surface area contributed by atoms with Gasteiger partial charge in [0, 0.05) is 6.08 Å². The van der Waals surface area contributed by atoms with Gasteiger partial charge in [-0.3, -0.25) is 0 Å². The Kier molecular flexibility index (Phi) is 6.08. The van der Waals surface area contributed by atoms with Gasteiger partial charge in [0.2, 0.25) is 8.56 Å². The second-order valence-electron chi connectivity index (χ2n) is 4.47. The van der Waals surface area contributed by atoms with Crippen molar-refractivity contribution in [2.45, 2.75) is 45.6 Å². The van der Waals surface area contributed by atoms with Gasteiger partial charge in [-0.1, -0.05) is 32.6 Å². The monoisotopic (exact) mass is 245 g/mol. The van der Waals surface area contributed by atoms with Crippen molar-refractivity contribution >= 4 is 22.1 Å². The van der Waals surface area contributed by atoms with Crippen LogP contribution in [0, 0.1) is 0 Å². The molecule has 0 aromatic heterocycles. The highest BCUT2D eigenvalue weighted by Crippen LogP contribution is 2.13. The molecule has 0 bridgehead atoms. The molecule has 0 fully saturated rings. The fourth-order valence-electron chi connectivity index (χ4n) is 1.13. The Morgan fingerprint density at radius 2 is 2.07 bits per heavy atom. The number of hydrogen-bond donors (Lipinski definition) is 1. The van der Waals surface area contributed by atoms with Crippen molar-refractivity contribution in [2.24, 2.45) is 0 Å². The van der Waals surface area contributed by atoms with E-state index in [1.807, 2.05) is 6.92 Å². The lowest BCUT2D eigenvalue weighted by atomic mass is 10.5. The van der Waals surface area contributed by atoms with Crippen LogP contribution in [-0.4, -0.2) is 32.6 Å². The van der Waals surface area contributed by atoms with Crippen LogP contribution in [-0.2, 0) is 9.53 Å². The lowest BCUT2D eigenvalue weighted by Crippen LogP contribution is -2.52. The molecule has 0 aromatic rings. The highest BCUT2D eigenvalue weighted by molar-refractivity contribution is 7.29. The number of ether oxygens (including phenoxy) is 1. The molecule has 0 spiro atoms. The summed E-state index contributed by atoms with van der Waals surface area (Å²) in [5.74, 6) is -0.348. The molecule has 15 heavy (non-hydrogen) atoms. The minimum Gasteiger partial charge on any atom is -0.461 e. The molecule has 1 unspecified atom stereocenters. The molecule has 0 aromatic carbocycles. The van der Waals surface area contributed by atoms with Gasteiger partial charge < -0.3 is 9.53 Å². The molecule has 0 amide bonds. The molecule has 0 rings (SSSR count). The third kappa shape index (κ3) is 5.29. The molecule has 0 heterocycles.